The Morgan fingerprint density at radius 3 is 1.74 bits per heavy atom. The summed E-state index contributed by atoms with van der Waals surface area (Å²) in [6, 6.07) is 7.23. The van der Waals surface area contributed by atoms with E-state index in [4.69, 9.17) is 0 Å². The zero-order valence-electron chi connectivity index (χ0n) is 20.5. The fraction of sp³-hybridized carbons (Fsp3) is 0.308. The van der Waals surface area contributed by atoms with E-state index in [1.807, 2.05) is 19.0 Å². The number of allylic oxidation sites excluding steroid dienone is 5. The number of hydrogen-bond acceptors (Lipinski definition) is 0. The molecule has 0 fully saturated rings. The number of halogens is 7. The van der Waals surface area contributed by atoms with E-state index >= 15 is 0 Å². The molecule has 2 atom stereocenters. The molecule has 35 heavy (non-hydrogen) atoms. The molecule has 0 saturated heterocycles. The number of benzene rings is 2. The van der Waals surface area contributed by atoms with E-state index in [0.29, 0.717) is 5.56 Å². The van der Waals surface area contributed by atoms with Gasteiger partial charge in [-0.15, -0.1) is 24.8 Å². The molecular weight excluding hydrogens is 597 g/mol. The predicted molar refractivity (Wildman–Crippen MR) is 137 cm³/mol. The summed E-state index contributed by atoms with van der Waals surface area (Å²) in [5.41, 5.74) is 4.57. The van der Waals surface area contributed by atoms with Gasteiger partial charge in [-0.3, -0.25) is 0 Å². The zero-order valence-corrected chi connectivity index (χ0v) is 26.0. The van der Waals surface area contributed by atoms with Crippen molar-refractivity contribution in [2.24, 2.45) is 5.92 Å². The fourth-order valence-electron chi connectivity index (χ4n) is 6.04. The smallest absolute Gasteiger partial charge is 0.147 e. The van der Waals surface area contributed by atoms with Crippen molar-refractivity contribution in [3.05, 3.63) is 96.1 Å². The SMILES string of the molecule is CC1=C(C)C(C)[C]([Zr]([CH3])([CH3])(=[SiH2])[CH]2C=C(c3c(F)c(F)c(F)c(F)c3F)c3ccccc32)=C1C.Cl.Cl. The third-order valence-corrected chi connectivity index (χ3v) is 25.2. The summed E-state index contributed by atoms with van der Waals surface area (Å²) in [4.78, 5) is 0. The van der Waals surface area contributed by atoms with Gasteiger partial charge in [-0.2, -0.15) is 0 Å². The molecule has 0 heterocycles. The first-order chi connectivity index (χ1) is 15.2. The number of fused-ring (bicyclic) bond motifs is 1. The molecule has 4 rings (SSSR count). The Labute approximate surface area is 218 Å². The van der Waals surface area contributed by atoms with Crippen LogP contribution in [-0.2, 0) is 17.4 Å². The molecule has 0 saturated carbocycles. The maximum atomic E-state index is 14.8. The van der Waals surface area contributed by atoms with E-state index in [9.17, 15) is 22.0 Å². The van der Waals surface area contributed by atoms with Crippen LogP contribution in [0.4, 0.5) is 22.0 Å². The van der Waals surface area contributed by atoms with Crippen molar-refractivity contribution in [3.63, 3.8) is 0 Å². The summed E-state index contributed by atoms with van der Waals surface area (Å²) < 4.78 is 77.5. The maximum Gasteiger partial charge on any atom is -0.147 e. The van der Waals surface area contributed by atoms with Crippen molar-refractivity contribution < 1.29 is 39.4 Å². The number of rotatable bonds is 3. The largest absolute Gasteiger partial charge is 0.147 e. The first-order valence-corrected chi connectivity index (χ1v) is 24.5. The molecule has 0 amide bonds. The van der Waals surface area contributed by atoms with Crippen LogP contribution >= 0.6 is 24.8 Å². The van der Waals surface area contributed by atoms with E-state index in [1.54, 1.807) is 18.2 Å². The van der Waals surface area contributed by atoms with Gasteiger partial charge in [0.25, 0.3) is 0 Å². The van der Waals surface area contributed by atoms with Gasteiger partial charge in [-0.1, -0.05) is 0 Å². The van der Waals surface area contributed by atoms with E-state index in [0.717, 1.165) is 5.56 Å². The van der Waals surface area contributed by atoms with Gasteiger partial charge in [0.2, 0.25) is 0 Å². The first kappa shape index (κ1) is 30.2. The molecule has 2 aliphatic carbocycles. The van der Waals surface area contributed by atoms with Crippen LogP contribution in [0.25, 0.3) is 5.57 Å². The second-order valence-electron chi connectivity index (χ2n) is 10.5. The van der Waals surface area contributed by atoms with Gasteiger partial charge < -0.3 is 0 Å². The molecule has 0 aromatic heterocycles. The minimum Gasteiger partial charge on any atom is -0.147 e. The topological polar surface area (TPSA) is 0 Å². The quantitative estimate of drug-likeness (QED) is 0.139. The molecule has 0 radical (unpaired) electrons. The third-order valence-electron chi connectivity index (χ3n) is 7.92. The van der Waals surface area contributed by atoms with Crippen molar-refractivity contribution in [1.82, 2.24) is 0 Å². The third kappa shape index (κ3) is 4.28. The van der Waals surface area contributed by atoms with Gasteiger partial charge in [0.05, 0.1) is 0 Å². The van der Waals surface area contributed by atoms with Crippen LogP contribution in [-0.4, -0.2) is 6.88 Å². The van der Waals surface area contributed by atoms with Gasteiger partial charge in [-0.05, 0) is 0 Å². The predicted octanol–water partition coefficient (Wildman–Crippen LogP) is 8.31. The van der Waals surface area contributed by atoms with Gasteiger partial charge >= 0.3 is 194 Å². The Morgan fingerprint density at radius 1 is 0.771 bits per heavy atom. The fourth-order valence-corrected chi connectivity index (χ4v) is 24.6. The Balaban J connectivity index is 0.00000216. The average Bonchev–Trinajstić information content (AvgIpc) is 3.24. The molecule has 0 N–H and O–H groups in total. The summed E-state index contributed by atoms with van der Waals surface area (Å²) in [6.07, 6.45) is 1.77. The van der Waals surface area contributed by atoms with Crippen LogP contribution in [0.5, 0.6) is 0 Å². The minimum atomic E-state index is -3.89. The van der Waals surface area contributed by atoms with Crippen molar-refractivity contribution in [3.8, 4) is 0 Å². The molecule has 0 spiro atoms. The van der Waals surface area contributed by atoms with Gasteiger partial charge in [0.15, 0.2) is 0 Å². The average molecular weight is 627 g/mol. The van der Waals surface area contributed by atoms with Crippen LogP contribution in [0.15, 0.2) is 50.3 Å². The molecule has 0 nitrogen and oxygen atoms in total. The molecule has 2 aliphatic rings. The molecule has 0 bridgehead atoms. The Kier molecular flexibility index (Phi) is 8.38. The van der Waals surface area contributed by atoms with Gasteiger partial charge in [0.1, 0.15) is 0 Å². The van der Waals surface area contributed by atoms with Gasteiger partial charge in [0, 0.05) is 0 Å². The van der Waals surface area contributed by atoms with Crippen LogP contribution in [0.3, 0.4) is 0 Å². The minimum absolute atomic E-state index is 0. The first-order valence-electron chi connectivity index (χ1n) is 11.0. The number of hydrogen-bond donors (Lipinski definition) is 0. The molecule has 2 aromatic rings. The second kappa shape index (κ2) is 9.70. The Bertz CT molecular complexity index is 1370. The monoisotopic (exact) mass is 624 g/mol. The van der Waals surface area contributed by atoms with Crippen LogP contribution in [0.1, 0.15) is 48.0 Å². The van der Waals surface area contributed by atoms with E-state index in [-0.39, 0.29) is 39.9 Å². The van der Waals surface area contributed by atoms with Crippen molar-refractivity contribution >= 4 is 37.3 Å². The summed E-state index contributed by atoms with van der Waals surface area (Å²) >= 11 is -3.89. The Hall–Kier alpha value is -1.01. The molecule has 0 aliphatic heterocycles. The second-order valence-corrected chi connectivity index (χ2v) is 40.0. The van der Waals surface area contributed by atoms with Crippen molar-refractivity contribution in [2.45, 2.75) is 40.6 Å². The molecular formula is C26H29Cl2F5SiZr. The normalized spacial score (nSPS) is 19.9. The summed E-state index contributed by atoms with van der Waals surface area (Å²) in [7, 11) is 0. The standard InChI is InChI=1S/C15H6F5.C9H13.2CH3.2ClH.H2Si.Zr/c16-11-10(12(17)14(19)15(20)13(11)18)9-6-5-7-3-1-2-4-8(7)9;1-6-5-7(2)9(4)8(6)3;;;;;;/h1-6H;6H,1-4H3;2*1H3;2*1H;1H2;. The maximum absolute atomic E-state index is 14.8. The molecule has 2 unspecified atom stereocenters. The summed E-state index contributed by atoms with van der Waals surface area (Å²) in [5, 5.41) is 0. The van der Waals surface area contributed by atoms with E-state index in [2.05, 4.69) is 37.0 Å². The molecule has 2 aromatic carbocycles. The molecule has 9 heteroatoms. The molecule has 190 valence electrons. The van der Waals surface area contributed by atoms with E-state index in [1.165, 1.54) is 20.0 Å². The summed E-state index contributed by atoms with van der Waals surface area (Å²) in [5.74, 6) is -9.28. The van der Waals surface area contributed by atoms with Crippen LogP contribution in [0, 0.1) is 35.0 Å². The van der Waals surface area contributed by atoms with E-state index < -0.39 is 52.0 Å². The van der Waals surface area contributed by atoms with Gasteiger partial charge in [-0.25, -0.2) is 0 Å². The van der Waals surface area contributed by atoms with Crippen molar-refractivity contribution in [2.75, 3.05) is 0 Å². The van der Waals surface area contributed by atoms with Crippen LogP contribution < -0.4 is 0 Å². The Morgan fingerprint density at radius 2 is 1.26 bits per heavy atom. The van der Waals surface area contributed by atoms with Crippen molar-refractivity contribution in [1.29, 1.82) is 0 Å². The zero-order chi connectivity index (χ0) is 24.6. The summed E-state index contributed by atoms with van der Waals surface area (Å²) in [6.45, 7) is 10.6. The van der Waals surface area contributed by atoms with Crippen LogP contribution in [0.2, 0.25) is 9.26 Å².